The van der Waals surface area contributed by atoms with Crippen LogP contribution in [0.5, 0.6) is 11.5 Å². The number of carbonyl (C=O) groups is 3. The first-order valence-corrected chi connectivity index (χ1v) is 9.98. The number of anilines is 1. The molecule has 7 nitrogen and oxygen atoms in total. The third kappa shape index (κ3) is 6.43. The number of hydrogen-bond donors (Lipinski definition) is 1. The molecule has 0 unspecified atom stereocenters. The Morgan fingerprint density at radius 1 is 0.812 bits per heavy atom. The molecule has 32 heavy (non-hydrogen) atoms. The Balaban J connectivity index is 1.46. The van der Waals surface area contributed by atoms with Crippen LogP contribution in [0.4, 0.5) is 5.69 Å². The van der Waals surface area contributed by atoms with Gasteiger partial charge >= 0.3 is 5.97 Å². The summed E-state index contributed by atoms with van der Waals surface area (Å²) in [6.07, 6.45) is -0.0115. The minimum Gasteiger partial charge on any atom is -0.497 e. The molecule has 0 aliphatic carbocycles. The summed E-state index contributed by atoms with van der Waals surface area (Å²) in [5.41, 5.74) is 1.22. The zero-order valence-corrected chi connectivity index (χ0v) is 17.6. The van der Waals surface area contributed by atoms with Crippen molar-refractivity contribution in [3.63, 3.8) is 0 Å². The number of para-hydroxylation sites is 1. The van der Waals surface area contributed by atoms with Gasteiger partial charge in [-0.3, -0.25) is 14.4 Å². The minimum absolute atomic E-state index is 0.0115. The molecule has 1 N–H and O–H groups in total. The van der Waals surface area contributed by atoms with Crippen molar-refractivity contribution in [2.24, 2.45) is 0 Å². The molecule has 7 heteroatoms. The van der Waals surface area contributed by atoms with Gasteiger partial charge < -0.3 is 19.5 Å². The summed E-state index contributed by atoms with van der Waals surface area (Å²) >= 11 is 0. The highest BCUT2D eigenvalue weighted by molar-refractivity contribution is 6.13. The molecule has 3 rings (SSSR count). The zero-order valence-electron chi connectivity index (χ0n) is 17.6. The predicted molar refractivity (Wildman–Crippen MR) is 119 cm³/mol. The van der Waals surface area contributed by atoms with Crippen molar-refractivity contribution in [1.82, 2.24) is 0 Å². The molecular formula is C25H23NO6. The van der Waals surface area contributed by atoms with Crippen LogP contribution in [0, 0.1) is 0 Å². The van der Waals surface area contributed by atoms with Gasteiger partial charge in [-0.1, -0.05) is 42.5 Å². The van der Waals surface area contributed by atoms with Crippen LogP contribution in [0.25, 0.3) is 0 Å². The van der Waals surface area contributed by atoms with Crippen molar-refractivity contribution < 1.29 is 28.6 Å². The average Bonchev–Trinajstić information content (AvgIpc) is 2.83. The van der Waals surface area contributed by atoms with E-state index >= 15 is 0 Å². The molecule has 3 aromatic carbocycles. The first-order valence-electron chi connectivity index (χ1n) is 9.98. The fraction of sp³-hybridized carbons (Fsp3) is 0.160. The summed E-state index contributed by atoms with van der Waals surface area (Å²) in [5, 5.41) is 2.63. The molecule has 0 radical (unpaired) electrons. The van der Waals surface area contributed by atoms with Gasteiger partial charge in [0.15, 0.2) is 12.4 Å². The molecule has 0 bridgehead atoms. The summed E-state index contributed by atoms with van der Waals surface area (Å²) in [7, 11) is 1.57. The van der Waals surface area contributed by atoms with Gasteiger partial charge in [-0.25, -0.2) is 0 Å². The Morgan fingerprint density at radius 3 is 2.19 bits per heavy atom. The van der Waals surface area contributed by atoms with Gasteiger partial charge in [0.05, 0.1) is 25.8 Å². The van der Waals surface area contributed by atoms with Gasteiger partial charge in [0, 0.05) is 11.1 Å². The van der Waals surface area contributed by atoms with E-state index in [1.165, 1.54) is 0 Å². The number of esters is 1. The van der Waals surface area contributed by atoms with Crippen LogP contribution in [-0.2, 0) is 14.3 Å². The summed E-state index contributed by atoms with van der Waals surface area (Å²) in [6, 6.07) is 22.4. The summed E-state index contributed by atoms with van der Waals surface area (Å²) in [5.74, 6) is -0.0231. The van der Waals surface area contributed by atoms with E-state index in [0.29, 0.717) is 28.3 Å². The highest BCUT2D eigenvalue weighted by Gasteiger charge is 2.15. The molecule has 0 saturated heterocycles. The summed E-state index contributed by atoms with van der Waals surface area (Å²) in [4.78, 5) is 36.9. The van der Waals surface area contributed by atoms with Crippen molar-refractivity contribution in [3.8, 4) is 11.5 Å². The number of rotatable bonds is 10. The highest BCUT2D eigenvalue weighted by atomic mass is 16.5. The van der Waals surface area contributed by atoms with Crippen LogP contribution in [0.2, 0.25) is 0 Å². The summed E-state index contributed by atoms with van der Waals surface area (Å²) in [6.45, 7) is -0.351. The lowest BCUT2D eigenvalue weighted by atomic mass is 10.0. The third-order valence-corrected chi connectivity index (χ3v) is 4.48. The second-order valence-electron chi connectivity index (χ2n) is 6.72. The average molecular weight is 433 g/mol. The fourth-order valence-corrected chi connectivity index (χ4v) is 2.86. The monoisotopic (exact) mass is 433 g/mol. The van der Waals surface area contributed by atoms with Crippen molar-refractivity contribution >= 4 is 23.3 Å². The lowest BCUT2D eigenvalue weighted by Crippen LogP contribution is -2.22. The molecule has 1 amide bonds. The maximum Gasteiger partial charge on any atom is 0.309 e. The van der Waals surface area contributed by atoms with Gasteiger partial charge in [0.2, 0.25) is 0 Å². The Morgan fingerprint density at radius 2 is 1.47 bits per heavy atom. The molecule has 164 valence electrons. The lowest BCUT2D eigenvalue weighted by Gasteiger charge is -2.11. The zero-order chi connectivity index (χ0) is 22.8. The molecule has 0 aliphatic heterocycles. The number of nitrogens with one attached hydrogen (secondary N) is 1. The standard InChI is InChI=1S/C25H23NO6/c1-30-19-11-13-20(14-12-19)31-16-15-24(28)32-17-23(27)26-22-10-6-5-9-21(22)25(29)18-7-3-2-4-8-18/h2-14H,15-17H2,1H3,(H,26,27). The molecule has 0 fully saturated rings. The first kappa shape index (κ1) is 22.6. The van der Waals surface area contributed by atoms with Gasteiger partial charge in [0.25, 0.3) is 5.91 Å². The smallest absolute Gasteiger partial charge is 0.309 e. The Hall–Kier alpha value is -4.13. The molecule has 0 aliphatic rings. The van der Waals surface area contributed by atoms with Crippen molar-refractivity contribution in [2.45, 2.75) is 6.42 Å². The van der Waals surface area contributed by atoms with E-state index in [2.05, 4.69) is 5.32 Å². The molecule has 0 atom stereocenters. The molecule has 3 aromatic rings. The molecule has 0 aromatic heterocycles. The molecule has 0 spiro atoms. The normalized spacial score (nSPS) is 10.2. The number of amides is 1. The van der Waals surface area contributed by atoms with Crippen molar-refractivity contribution in [1.29, 1.82) is 0 Å². The summed E-state index contributed by atoms with van der Waals surface area (Å²) < 4.78 is 15.5. The van der Waals surface area contributed by atoms with Crippen LogP contribution >= 0.6 is 0 Å². The maximum absolute atomic E-state index is 12.7. The third-order valence-electron chi connectivity index (χ3n) is 4.48. The van der Waals surface area contributed by atoms with Crippen molar-refractivity contribution in [3.05, 3.63) is 90.0 Å². The SMILES string of the molecule is COc1ccc(OCCC(=O)OCC(=O)Nc2ccccc2C(=O)c2ccccc2)cc1. The molecule has 0 heterocycles. The first-order chi connectivity index (χ1) is 15.6. The van der Waals surface area contributed by atoms with E-state index in [0.717, 1.165) is 0 Å². The molecular weight excluding hydrogens is 410 g/mol. The minimum atomic E-state index is -0.567. The van der Waals surface area contributed by atoms with Gasteiger partial charge in [-0.05, 0) is 36.4 Å². The topological polar surface area (TPSA) is 90.9 Å². The van der Waals surface area contributed by atoms with Crippen molar-refractivity contribution in [2.75, 3.05) is 25.6 Å². The van der Waals surface area contributed by atoms with Crippen LogP contribution in [0.15, 0.2) is 78.9 Å². The fourth-order valence-electron chi connectivity index (χ4n) is 2.86. The van der Waals surface area contributed by atoms with E-state index in [9.17, 15) is 14.4 Å². The second-order valence-corrected chi connectivity index (χ2v) is 6.72. The number of benzene rings is 3. The van der Waals surface area contributed by atoms with Gasteiger partial charge in [0.1, 0.15) is 11.5 Å². The quantitative estimate of drug-likeness (QED) is 0.386. The Bertz CT molecular complexity index is 1060. The number of ether oxygens (including phenoxy) is 3. The van der Waals surface area contributed by atoms with Crippen LogP contribution in [0.1, 0.15) is 22.3 Å². The van der Waals surface area contributed by atoms with E-state index in [-0.39, 0.29) is 18.8 Å². The van der Waals surface area contributed by atoms with Crippen LogP contribution < -0.4 is 14.8 Å². The second kappa shape index (κ2) is 11.3. The number of carbonyl (C=O) groups excluding carboxylic acids is 3. The maximum atomic E-state index is 12.7. The van der Waals surface area contributed by atoms with E-state index in [4.69, 9.17) is 14.2 Å². The highest BCUT2D eigenvalue weighted by Crippen LogP contribution is 2.19. The molecule has 0 saturated carbocycles. The largest absolute Gasteiger partial charge is 0.497 e. The van der Waals surface area contributed by atoms with Gasteiger partial charge in [-0.2, -0.15) is 0 Å². The van der Waals surface area contributed by atoms with E-state index in [1.807, 2.05) is 6.07 Å². The van der Waals surface area contributed by atoms with E-state index in [1.54, 1.807) is 79.9 Å². The number of methoxy groups -OCH3 is 1. The number of hydrogen-bond acceptors (Lipinski definition) is 6. The van der Waals surface area contributed by atoms with Gasteiger partial charge in [-0.15, -0.1) is 0 Å². The van der Waals surface area contributed by atoms with Crippen LogP contribution in [0.3, 0.4) is 0 Å². The lowest BCUT2D eigenvalue weighted by molar-refractivity contribution is -0.147. The number of ketones is 1. The Labute approximate surface area is 185 Å². The Kier molecular flexibility index (Phi) is 7.97. The van der Waals surface area contributed by atoms with Crippen LogP contribution in [-0.4, -0.2) is 38.0 Å². The van der Waals surface area contributed by atoms with E-state index < -0.39 is 18.5 Å². The predicted octanol–water partition coefficient (Wildman–Crippen LogP) is 3.88.